The highest BCUT2D eigenvalue weighted by Gasteiger charge is 2.48. The van der Waals surface area contributed by atoms with E-state index >= 15 is 0 Å². The summed E-state index contributed by atoms with van der Waals surface area (Å²) in [5, 5.41) is 12.6. The van der Waals surface area contributed by atoms with Crippen molar-refractivity contribution in [2.45, 2.75) is 51.7 Å². The fourth-order valence-corrected chi connectivity index (χ4v) is 2.11. The highest BCUT2D eigenvalue weighted by atomic mass is 16.3. The van der Waals surface area contributed by atoms with Crippen molar-refractivity contribution >= 4 is 5.91 Å². The molecule has 2 aliphatic carbocycles. The van der Waals surface area contributed by atoms with Crippen molar-refractivity contribution in [3.63, 3.8) is 0 Å². The van der Waals surface area contributed by atoms with Crippen LogP contribution in [0.5, 0.6) is 0 Å². The van der Waals surface area contributed by atoms with Gasteiger partial charge in [0.05, 0.1) is 6.10 Å². The van der Waals surface area contributed by atoms with Crippen LogP contribution >= 0.6 is 0 Å². The molecule has 2 atom stereocenters. The van der Waals surface area contributed by atoms with Crippen molar-refractivity contribution in [2.75, 3.05) is 0 Å². The molecule has 2 unspecified atom stereocenters. The second kappa shape index (κ2) is 3.23. The van der Waals surface area contributed by atoms with Crippen molar-refractivity contribution in [2.24, 2.45) is 11.3 Å². The van der Waals surface area contributed by atoms with Gasteiger partial charge in [0.1, 0.15) is 0 Å². The van der Waals surface area contributed by atoms with Gasteiger partial charge in [0, 0.05) is 17.4 Å². The smallest absolute Gasteiger partial charge is 0.223 e. The lowest BCUT2D eigenvalue weighted by molar-refractivity contribution is -0.135. The van der Waals surface area contributed by atoms with Crippen molar-refractivity contribution in [1.82, 2.24) is 5.32 Å². The Hall–Kier alpha value is -0.570. The summed E-state index contributed by atoms with van der Waals surface area (Å²) in [7, 11) is 0. The van der Waals surface area contributed by atoms with E-state index in [9.17, 15) is 9.90 Å². The molecule has 0 aromatic rings. The predicted octanol–water partition coefficient (Wildman–Crippen LogP) is 1.06. The summed E-state index contributed by atoms with van der Waals surface area (Å²) in [5.41, 5.74) is -0.139. The Bertz CT molecular complexity index is 246. The quantitative estimate of drug-likeness (QED) is 0.695. The van der Waals surface area contributed by atoms with Gasteiger partial charge in [-0.05, 0) is 19.3 Å². The molecule has 2 fully saturated rings. The lowest BCUT2D eigenvalue weighted by Gasteiger charge is -2.50. The average molecular weight is 197 g/mol. The molecule has 0 bridgehead atoms. The van der Waals surface area contributed by atoms with Crippen LogP contribution in [0.4, 0.5) is 0 Å². The number of hydrogen-bond acceptors (Lipinski definition) is 2. The highest BCUT2D eigenvalue weighted by molar-refractivity contribution is 5.79. The summed E-state index contributed by atoms with van der Waals surface area (Å²) in [6, 6.07) is 0.172. The van der Waals surface area contributed by atoms with Gasteiger partial charge in [-0.1, -0.05) is 20.3 Å². The van der Waals surface area contributed by atoms with Crippen LogP contribution in [-0.4, -0.2) is 23.2 Å². The van der Waals surface area contributed by atoms with Crippen LogP contribution in [-0.2, 0) is 4.79 Å². The molecule has 0 saturated heterocycles. The van der Waals surface area contributed by atoms with Gasteiger partial charge in [0.15, 0.2) is 0 Å². The molecule has 0 aliphatic heterocycles. The van der Waals surface area contributed by atoms with Gasteiger partial charge in [-0.2, -0.15) is 0 Å². The second-order valence-electron chi connectivity index (χ2n) is 5.26. The van der Waals surface area contributed by atoms with Crippen LogP contribution in [0.1, 0.15) is 39.5 Å². The molecule has 2 rings (SSSR count). The van der Waals surface area contributed by atoms with Crippen LogP contribution in [0.15, 0.2) is 0 Å². The van der Waals surface area contributed by atoms with E-state index in [0.29, 0.717) is 6.42 Å². The summed E-state index contributed by atoms with van der Waals surface area (Å²) in [5.74, 6) is 0.449. The van der Waals surface area contributed by atoms with Gasteiger partial charge < -0.3 is 10.4 Å². The molecule has 0 aromatic heterocycles. The van der Waals surface area contributed by atoms with E-state index in [2.05, 4.69) is 5.32 Å². The highest BCUT2D eigenvalue weighted by Crippen LogP contribution is 2.41. The average Bonchev–Trinajstić information content (AvgIpc) is 2.00. The number of aliphatic hydroxyl groups is 1. The molecule has 2 aliphatic rings. The van der Waals surface area contributed by atoms with E-state index < -0.39 is 0 Å². The minimum atomic E-state index is -0.255. The van der Waals surface area contributed by atoms with Crippen LogP contribution in [0.2, 0.25) is 0 Å². The first-order chi connectivity index (χ1) is 6.51. The normalized spacial score (nSPS) is 35.6. The number of hydrogen-bond donors (Lipinski definition) is 2. The Balaban J connectivity index is 1.83. The Kier molecular flexibility index (Phi) is 2.30. The maximum atomic E-state index is 11.6. The monoisotopic (exact) mass is 197 g/mol. The zero-order valence-electron chi connectivity index (χ0n) is 8.92. The Morgan fingerprint density at radius 1 is 1.43 bits per heavy atom. The Labute approximate surface area is 84.9 Å². The molecule has 3 nitrogen and oxygen atoms in total. The molecule has 0 radical (unpaired) electrons. The van der Waals surface area contributed by atoms with E-state index in [1.165, 1.54) is 6.42 Å². The first kappa shape index (κ1) is 9.97. The van der Waals surface area contributed by atoms with Crippen molar-refractivity contribution in [3.05, 3.63) is 0 Å². The van der Waals surface area contributed by atoms with Crippen LogP contribution < -0.4 is 5.32 Å². The molecular weight excluding hydrogens is 178 g/mol. The number of rotatable bonds is 2. The van der Waals surface area contributed by atoms with Crippen molar-refractivity contribution < 1.29 is 9.90 Å². The second-order valence-corrected chi connectivity index (χ2v) is 5.26. The maximum Gasteiger partial charge on any atom is 0.223 e. The molecule has 3 heteroatoms. The molecule has 80 valence electrons. The topological polar surface area (TPSA) is 49.3 Å². The number of amides is 1. The molecule has 2 saturated carbocycles. The predicted molar refractivity (Wildman–Crippen MR) is 53.7 cm³/mol. The number of carbonyl (C=O) groups excluding carboxylic acids is 1. The fraction of sp³-hybridized carbons (Fsp3) is 0.909. The third-order valence-electron chi connectivity index (χ3n) is 4.01. The fourth-order valence-electron chi connectivity index (χ4n) is 2.11. The van der Waals surface area contributed by atoms with Gasteiger partial charge in [-0.3, -0.25) is 4.79 Å². The largest absolute Gasteiger partial charge is 0.392 e. The van der Waals surface area contributed by atoms with Crippen molar-refractivity contribution in [3.8, 4) is 0 Å². The number of carbonyl (C=O) groups is 1. The van der Waals surface area contributed by atoms with E-state index in [4.69, 9.17) is 0 Å². The van der Waals surface area contributed by atoms with Crippen molar-refractivity contribution in [1.29, 1.82) is 0 Å². The number of nitrogens with one attached hydrogen (secondary N) is 1. The first-order valence-electron chi connectivity index (χ1n) is 5.50. The summed E-state index contributed by atoms with van der Waals surface area (Å²) in [6.45, 7) is 4.01. The minimum absolute atomic E-state index is 0.139. The zero-order chi connectivity index (χ0) is 10.3. The Morgan fingerprint density at radius 2 is 2.07 bits per heavy atom. The van der Waals surface area contributed by atoms with Gasteiger partial charge in [-0.25, -0.2) is 0 Å². The van der Waals surface area contributed by atoms with Gasteiger partial charge in [0.2, 0.25) is 5.91 Å². The van der Waals surface area contributed by atoms with Crippen LogP contribution in [0, 0.1) is 11.3 Å². The first-order valence-corrected chi connectivity index (χ1v) is 5.50. The lowest BCUT2D eigenvalue weighted by Crippen LogP contribution is -2.62. The molecular formula is C11H19NO2. The summed E-state index contributed by atoms with van der Waals surface area (Å²) >= 11 is 0. The van der Waals surface area contributed by atoms with Gasteiger partial charge in [0.25, 0.3) is 0 Å². The third-order valence-corrected chi connectivity index (χ3v) is 4.01. The summed E-state index contributed by atoms with van der Waals surface area (Å²) < 4.78 is 0. The molecule has 0 heterocycles. The zero-order valence-corrected chi connectivity index (χ0v) is 8.92. The molecule has 14 heavy (non-hydrogen) atoms. The number of aliphatic hydroxyl groups excluding tert-OH is 1. The van der Waals surface area contributed by atoms with Crippen LogP contribution in [0.25, 0.3) is 0 Å². The van der Waals surface area contributed by atoms with E-state index in [1.807, 2.05) is 13.8 Å². The molecule has 0 spiro atoms. The maximum absolute atomic E-state index is 11.6. The minimum Gasteiger partial charge on any atom is -0.392 e. The SMILES string of the molecule is CC1(C)C(O)CC1NC(=O)C1CCC1. The van der Waals surface area contributed by atoms with Crippen LogP contribution in [0.3, 0.4) is 0 Å². The van der Waals surface area contributed by atoms with Gasteiger partial charge in [-0.15, -0.1) is 0 Å². The van der Waals surface area contributed by atoms with E-state index in [1.54, 1.807) is 0 Å². The molecule has 2 N–H and O–H groups in total. The Morgan fingerprint density at radius 3 is 2.43 bits per heavy atom. The molecule has 0 aromatic carbocycles. The molecule has 1 amide bonds. The standard InChI is InChI=1S/C11H19NO2/c1-11(2)8(6-9(11)13)12-10(14)7-4-3-5-7/h7-9,13H,3-6H2,1-2H3,(H,12,14). The summed E-state index contributed by atoms with van der Waals surface area (Å²) in [4.78, 5) is 11.6. The van der Waals surface area contributed by atoms with E-state index in [-0.39, 0.29) is 29.4 Å². The van der Waals surface area contributed by atoms with Gasteiger partial charge >= 0.3 is 0 Å². The third kappa shape index (κ3) is 1.44. The lowest BCUT2D eigenvalue weighted by atomic mass is 9.64. The van der Waals surface area contributed by atoms with E-state index in [0.717, 1.165) is 12.8 Å². The summed E-state index contributed by atoms with van der Waals surface area (Å²) in [6.07, 6.45) is 3.73.